The summed E-state index contributed by atoms with van der Waals surface area (Å²) in [7, 11) is 1.88. The SMILES string of the molecule is Cc1nc(N)nc(N(C)C2CC[C@@H]([C@H](O)c3ccc(F)c(F)c3)C2)n1. The van der Waals surface area contributed by atoms with Crippen molar-refractivity contribution < 1.29 is 13.9 Å². The Morgan fingerprint density at radius 2 is 1.96 bits per heavy atom. The molecule has 1 fully saturated rings. The van der Waals surface area contributed by atoms with E-state index in [9.17, 15) is 13.9 Å². The molecule has 134 valence electrons. The molecular weight excluding hydrogens is 328 g/mol. The zero-order valence-corrected chi connectivity index (χ0v) is 14.2. The number of benzene rings is 1. The van der Waals surface area contributed by atoms with Gasteiger partial charge in [0.2, 0.25) is 11.9 Å². The number of nitrogen functional groups attached to an aromatic ring is 1. The zero-order chi connectivity index (χ0) is 18.1. The smallest absolute Gasteiger partial charge is 0.230 e. The first-order valence-corrected chi connectivity index (χ1v) is 8.19. The summed E-state index contributed by atoms with van der Waals surface area (Å²) in [6.07, 6.45) is 1.47. The fourth-order valence-corrected chi connectivity index (χ4v) is 3.41. The molecule has 6 nitrogen and oxygen atoms in total. The van der Waals surface area contributed by atoms with Crippen molar-refractivity contribution in [3.63, 3.8) is 0 Å². The van der Waals surface area contributed by atoms with Gasteiger partial charge in [-0.2, -0.15) is 15.0 Å². The van der Waals surface area contributed by atoms with Crippen LogP contribution in [0.15, 0.2) is 18.2 Å². The third-order valence-corrected chi connectivity index (χ3v) is 4.79. The van der Waals surface area contributed by atoms with Gasteiger partial charge < -0.3 is 15.7 Å². The molecule has 0 spiro atoms. The molecule has 25 heavy (non-hydrogen) atoms. The molecule has 8 heteroatoms. The summed E-state index contributed by atoms with van der Waals surface area (Å²) in [6, 6.07) is 3.66. The highest BCUT2D eigenvalue weighted by Crippen LogP contribution is 2.38. The largest absolute Gasteiger partial charge is 0.388 e. The number of aliphatic hydroxyl groups excluding tert-OH is 1. The summed E-state index contributed by atoms with van der Waals surface area (Å²) >= 11 is 0. The predicted molar refractivity (Wildman–Crippen MR) is 89.8 cm³/mol. The minimum atomic E-state index is -0.945. The van der Waals surface area contributed by atoms with Crippen LogP contribution in [-0.4, -0.2) is 33.1 Å². The van der Waals surface area contributed by atoms with Crippen LogP contribution in [0, 0.1) is 24.5 Å². The third kappa shape index (κ3) is 3.68. The lowest BCUT2D eigenvalue weighted by Crippen LogP contribution is -2.31. The van der Waals surface area contributed by atoms with Gasteiger partial charge in [0.05, 0.1) is 6.10 Å². The van der Waals surface area contributed by atoms with Crippen LogP contribution in [0.3, 0.4) is 0 Å². The number of rotatable bonds is 4. The fraction of sp³-hybridized carbons (Fsp3) is 0.471. The number of aliphatic hydroxyl groups is 1. The third-order valence-electron chi connectivity index (χ3n) is 4.79. The number of nitrogens with two attached hydrogens (primary N) is 1. The van der Waals surface area contributed by atoms with Gasteiger partial charge in [-0.05, 0) is 49.8 Å². The van der Waals surface area contributed by atoms with Gasteiger partial charge in [0.15, 0.2) is 11.6 Å². The first-order valence-electron chi connectivity index (χ1n) is 8.19. The Morgan fingerprint density at radius 1 is 1.20 bits per heavy atom. The molecule has 3 N–H and O–H groups in total. The van der Waals surface area contributed by atoms with Crippen molar-refractivity contribution in [1.29, 1.82) is 0 Å². The van der Waals surface area contributed by atoms with Crippen LogP contribution in [0.1, 0.15) is 36.8 Å². The lowest BCUT2D eigenvalue weighted by molar-refractivity contribution is 0.110. The molecule has 3 atom stereocenters. The van der Waals surface area contributed by atoms with Crippen LogP contribution in [0.2, 0.25) is 0 Å². The molecule has 3 rings (SSSR count). The van der Waals surface area contributed by atoms with Crippen molar-refractivity contribution >= 4 is 11.9 Å². The topological polar surface area (TPSA) is 88.2 Å². The van der Waals surface area contributed by atoms with E-state index < -0.39 is 17.7 Å². The Kier molecular flexibility index (Phi) is 4.80. The maximum atomic E-state index is 13.4. The van der Waals surface area contributed by atoms with E-state index in [1.54, 1.807) is 6.92 Å². The lowest BCUT2D eigenvalue weighted by atomic mass is 9.94. The first-order chi connectivity index (χ1) is 11.8. The molecule has 1 saturated carbocycles. The van der Waals surface area contributed by atoms with Crippen molar-refractivity contribution in [2.24, 2.45) is 5.92 Å². The highest BCUT2D eigenvalue weighted by Gasteiger charge is 2.34. The van der Waals surface area contributed by atoms with Gasteiger partial charge in [0.25, 0.3) is 0 Å². The molecule has 1 unspecified atom stereocenters. The Labute approximate surface area is 144 Å². The molecule has 0 saturated heterocycles. The maximum Gasteiger partial charge on any atom is 0.230 e. The second-order valence-corrected chi connectivity index (χ2v) is 6.50. The average Bonchev–Trinajstić information content (AvgIpc) is 3.05. The highest BCUT2D eigenvalue weighted by molar-refractivity contribution is 5.35. The monoisotopic (exact) mass is 349 g/mol. The van der Waals surface area contributed by atoms with Crippen LogP contribution in [-0.2, 0) is 0 Å². The number of anilines is 2. The van der Waals surface area contributed by atoms with Gasteiger partial charge in [0.1, 0.15) is 5.82 Å². The van der Waals surface area contributed by atoms with Crippen LogP contribution in [0.4, 0.5) is 20.7 Å². The Hall–Kier alpha value is -2.35. The van der Waals surface area contributed by atoms with Crippen LogP contribution in [0.25, 0.3) is 0 Å². The van der Waals surface area contributed by atoms with Crippen molar-refractivity contribution in [3.8, 4) is 0 Å². The number of aromatic nitrogens is 3. The quantitative estimate of drug-likeness (QED) is 0.881. The van der Waals surface area contributed by atoms with Crippen molar-refractivity contribution in [2.75, 3.05) is 17.7 Å². The molecule has 1 aromatic carbocycles. The van der Waals surface area contributed by atoms with Gasteiger partial charge in [-0.1, -0.05) is 6.07 Å². The summed E-state index contributed by atoms with van der Waals surface area (Å²) in [4.78, 5) is 14.4. The molecule has 0 radical (unpaired) electrons. The van der Waals surface area contributed by atoms with Crippen LogP contribution < -0.4 is 10.6 Å². The van der Waals surface area contributed by atoms with Crippen molar-refractivity contribution in [3.05, 3.63) is 41.2 Å². The maximum absolute atomic E-state index is 13.4. The Bertz CT molecular complexity index is 752. The van der Waals surface area contributed by atoms with Crippen molar-refractivity contribution in [2.45, 2.75) is 38.3 Å². The van der Waals surface area contributed by atoms with Gasteiger partial charge >= 0.3 is 0 Å². The number of hydrogen-bond acceptors (Lipinski definition) is 6. The standard InChI is InChI=1S/C17H21F2N5O/c1-9-21-16(20)23-17(22-9)24(2)12-5-3-10(7-12)15(25)11-4-6-13(18)14(19)8-11/h4,6,8,10,12,15,25H,3,5,7H2,1-2H3,(H2,20,21,22,23)/t10-,12?,15+/m1/s1. The zero-order valence-electron chi connectivity index (χ0n) is 14.2. The van der Waals surface area contributed by atoms with E-state index in [1.165, 1.54) is 6.07 Å². The second kappa shape index (κ2) is 6.87. The summed E-state index contributed by atoms with van der Waals surface area (Å²) in [5, 5.41) is 10.5. The normalized spacial score (nSPS) is 21.3. The number of aryl methyl sites for hydroxylation is 1. The molecule has 1 aliphatic carbocycles. The molecule has 1 heterocycles. The molecule has 1 aliphatic rings. The molecular formula is C17H21F2N5O. The molecule has 0 amide bonds. The summed E-state index contributed by atoms with van der Waals surface area (Å²) in [6.45, 7) is 1.75. The van der Waals surface area contributed by atoms with E-state index in [0.29, 0.717) is 23.8 Å². The molecule has 1 aromatic heterocycles. The van der Waals surface area contributed by atoms with Crippen LogP contribution >= 0.6 is 0 Å². The summed E-state index contributed by atoms with van der Waals surface area (Å²) in [5.41, 5.74) is 6.07. The summed E-state index contributed by atoms with van der Waals surface area (Å²) < 4.78 is 26.5. The average molecular weight is 349 g/mol. The van der Waals surface area contributed by atoms with Crippen LogP contribution in [0.5, 0.6) is 0 Å². The van der Waals surface area contributed by atoms with Gasteiger partial charge in [0, 0.05) is 13.1 Å². The molecule has 0 aliphatic heterocycles. The number of hydrogen-bond donors (Lipinski definition) is 2. The number of halogens is 2. The highest BCUT2D eigenvalue weighted by atomic mass is 19.2. The summed E-state index contributed by atoms with van der Waals surface area (Å²) in [5.74, 6) is -0.686. The van der Waals surface area contributed by atoms with E-state index >= 15 is 0 Å². The van der Waals surface area contributed by atoms with E-state index in [1.807, 2.05) is 11.9 Å². The predicted octanol–water partition coefficient (Wildman–Crippen LogP) is 2.38. The van der Waals surface area contributed by atoms with Gasteiger partial charge in [-0.25, -0.2) is 8.78 Å². The minimum Gasteiger partial charge on any atom is -0.388 e. The second-order valence-electron chi connectivity index (χ2n) is 6.50. The van der Waals surface area contributed by atoms with Crippen molar-refractivity contribution in [1.82, 2.24) is 15.0 Å². The van der Waals surface area contributed by atoms with Gasteiger partial charge in [-0.15, -0.1) is 0 Å². The van der Waals surface area contributed by atoms with E-state index in [0.717, 1.165) is 25.0 Å². The Balaban J connectivity index is 1.71. The molecule has 0 bridgehead atoms. The number of nitrogens with zero attached hydrogens (tertiary/aromatic N) is 4. The minimum absolute atomic E-state index is 0.0439. The first kappa shape index (κ1) is 17.5. The van der Waals surface area contributed by atoms with E-state index in [-0.39, 0.29) is 17.9 Å². The van der Waals surface area contributed by atoms with E-state index in [2.05, 4.69) is 15.0 Å². The van der Waals surface area contributed by atoms with Gasteiger partial charge in [-0.3, -0.25) is 0 Å². The lowest BCUT2D eigenvalue weighted by Gasteiger charge is -2.25. The molecule has 2 aromatic rings. The fourth-order valence-electron chi connectivity index (χ4n) is 3.41. The van der Waals surface area contributed by atoms with E-state index in [4.69, 9.17) is 5.73 Å². The Morgan fingerprint density at radius 3 is 2.64 bits per heavy atom.